The monoisotopic (exact) mass is 337 g/mol. The summed E-state index contributed by atoms with van der Waals surface area (Å²) in [6.45, 7) is 2.17. The summed E-state index contributed by atoms with van der Waals surface area (Å²) in [5.41, 5.74) is 5.17. The number of rotatable bonds is 8. The highest BCUT2D eigenvalue weighted by Gasteiger charge is 2.21. The van der Waals surface area contributed by atoms with Crippen LogP contribution >= 0.6 is 0 Å². The van der Waals surface area contributed by atoms with Crippen LogP contribution in [0.2, 0.25) is 0 Å². The number of benzene rings is 1. The zero-order valence-electron chi connectivity index (χ0n) is 13.7. The van der Waals surface area contributed by atoms with Crippen molar-refractivity contribution >= 4 is 11.8 Å². The Morgan fingerprint density at radius 3 is 2.75 bits per heavy atom. The number of likely N-dealkylation sites (tertiary alicyclic amines) is 1. The lowest BCUT2D eigenvalue weighted by Gasteiger charge is -2.31. The quantitative estimate of drug-likeness (QED) is 0.695. The third kappa shape index (κ3) is 6.54. The smallest absolute Gasteiger partial charge is 0.231 e. The maximum Gasteiger partial charge on any atom is 0.231 e. The molecule has 1 heterocycles. The Morgan fingerprint density at radius 1 is 1.33 bits per heavy atom. The van der Waals surface area contributed by atoms with Crippen molar-refractivity contribution in [2.45, 2.75) is 31.7 Å². The van der Waals surface area contributed by atoms with Crippen LogP contribution in [-0.2, 0) is 9.59 Å². The van der Waals surface area contributed by atoms with Gasteiger partial charge in [-0.15, -0.1) is 0 Å². The van der Waals surface area contributed by atoms with Gasteiger partial charge < -0.3 is 15.8 Å². The van der Waals surface area contributed by atoms with E-state index in [0.717, 1.165) is 25.9 Å². The molecule has 1 fully saturated rings. The number of carbonyl (C=O) groups is 2. The second-order valence-corrected chi connectivity index (χ2v) is 5.99. The summed E-state index contributed by atoms with van der Waals surface area (Å²) >= 11 is 0. The summed E-state index contributed by atoms with van der Waals surface area (Å²) in [6, 6.07) is 6.09. The van der Waals surface area contributed by atoms with Gasteiger partial charge in [0.2, 0.25) is 11.8 Å². The standard InChI is InChI=1S/C17H24FN3O3/c18-13-3-1-4-15(11-13)24-10-2-5-17(23)20-14-6-8-21(9-7-14)12-16(19)22/h1,3-4,11,14H,2,5-10,12H2,(H2,19,22)(H,20,23). The molecule has 0 radical (unpaired) electrons. The van der Waals surface area contributed by atoms with Crippen LogP contribution in [0.15, 0.2) is 24.3 Å². The Hall–Kier alpha value is -2.15. The molecule has 3 N–H and O–H groups in total. The fraction of sp³-hybridized carbons (Fsp3) is 0.529. The number of ether oxygens (including phenoxy) is 1. The lowest BCUT2D eigenvalue weighted by molar-refractivity contribution is -0.123. The van der Waals surface area contributed by atoms with Crippen molar-refractivity contribution < 1.29 is 18.7 Å². The van der Waals surface area contributed by atoms with Crippen molar-refractivity contribution in [3.05, 3.63) is 30.1 Å². The normalized spacial score (nSPS) is 15.9. The van der Waals surface area contributed by atoms with Gasteiger partial charge in [0.1, 0.15) is 11.6 Å². The van der Waals surface area contributed by atoms with E-state index in [1.54, 1.807) is 12.1 Å². The van der Waals surface area contributed by atoms with Gasteiger partial charge in [0, 0.05) is 31.6 Å². The Bertz CT molecular complexity index is 560. The number of nitrogens with zero attached hydrogens (tertiary/aromatic N) is 1. The van der Waals surface area contributed by atoms with Gasteiger partial charge >= 0.3 is 0 Å². The minimum Gasteiger partial charge on any atom is -0.493 e. The van der Waals surface area contributed by atoms with Crippen molar-refractivity contribution in [3.8, 4) is 5.75 Å². The van der Waals surface area contributed by atoms with E-state index < -0.39 is 0 Å². The molecule has 7 heteroatoms. The van der Waals surface area contributed by atoms with Crippen molar-refractivity contribution in [2.24, 2.45) is 5.73 Å². The number of carbonyl (C=O) groups excluding carboxylic acids is 2. The fourth-order valence-electron chi connectivity index (χ4n) is 2.74. The fourth-order valence-corrected chi connectivity index (χ4v) is 2.74. The molecule has 24 heavy (non-hydrogen) atoms. The van der Waals surface area contributed by atoms with E-state index in [1.165, 1.54) is 12.1 Å². The predicted molar refractivity (Wildman–Crippen MR) is 87.9 cm³/mol. The second-order valence-electron chi connectivity index (χ2n) is 5.99. The SMILES string of the molecule is NC(=O)CN1CCC(NC(=O)CCCOc2cccc(F)c2)CC1. The molecule has 1 aliphatic rings. The van der Waals surface area contributed by atoms with Gasteiger partial charge in [0.05, 0.1) is 13.2 Å². The maximum absolute atomic E-state index is 13.0. The number of halogens is 1. The van der Waals surface area contributed by atoms with Crippen LogP contribution in [0.1, 0.15) is 25.7 Å². The topological polar surface area (TPSA) is 84.7 Å². The van der Waals surface area contributed by atoms with E-state index >= 15 is 0 Å². The largest absolute Gasteiger partial charge is 0.493 e. The molecule has 2 rings (SSSR count). The molecule has 0 aromatic heterocycles. The molecule has 1 aromatic carbocycles. The number of piperidine rings is 1. The van der Waals surface area contributed by atoms with Crippen LogP contribution < -0.4 is 15.8 Å². The minimum absolute atomic E-state index is 0.00815. The molecule has 2 amide bonds. The first kappa shape index (κ1) is 18.2. The Labute approximate surface area is 141 Å². The first-order valence-electron chi connectivity index (χ1n) is 8.21. The summed E-state index contributed by atoms with van der Waals surface area (Å²) in [5.74, 6) is -0.202. The van der Waals surface area contributed by atoms with Gasteiger partial charge in [0.15, 0.2) is 0 Å². The lowest BCUT2D eigenvalue weighted by atomic mass is 10.0. The highest BCUT2D eigenvalue weighted by molar-refractivity contribution is 5.76. The number of hydrogen-bond donors (Lipinski definition) is 2. The number of primary amides is 1. The highest BCUT2D eigenvalue weighted by Crippen LogP contribution is 2.13. The Morgan fingerprint density at radius 2 is 2.08 bits per heavy atom. The molecule has 0 unspecified atom stereocenters. The molecule has 1 saturated heterocycles. The van der Waals surface area contributed by atoms with E-state index in [9.17, 15) is 14.0 Å². The van der Waals surface area contributed by atoms with Gasteiger partial charge in [-0.1, -0.05) is 6.07 Å². The van der Waals surface area contributed by atoms with Crippen molar-refractivity contribution in [3.63, 3.8) is 0 Å². The third-order valence-electron chi connectivity index (χ3n) is 3.95. The summed E-state index contributed by atoms with van der Waals surface area (Å²) in [6.07, 6.45) is 2.58. The summed E-state index contributed by atoms with van der Waals surface area (Å²) < 4.78 is 18.4. The number of nitrogens with one attached hydrogen (secondary N) is 1. The molecule has 132 valence electrons. The van der Waals surface area contributed by atoms with Crippen molar-refractivity contribution in [2.75, 3.05) is 26.2 Å². The van der Waals surface area contributed by atoms with Gasteiger partial charge in [-0.2, -0.15) is 0 Å². The second kappa shape index (κ2) is 9.22. The zero-order valence-corrected chi connectivity index (χ0v) is 13.7. The van der Waals surface area contributed by atoms with E-state index in [-0.39, 0.29) is 30.2 Å². The van der Waals surface area contributed by atoms with Crippen molar-refractivity contribution in [1.29, 1.82) is 0 Å². The molecule has 0 spiro atoms. The molecule has 6 nitrogen and oxygen atoms in total. The summed E-state index contributed by atoms with van der Waals surface area (Å²) in [4.78, 5) is 24.8. The van der Waals surface area contributed by atoms with E-state index in [2.05, 4.69) is 5.32 Å². The van der Waals surface area contributed by atoms with E-state index in [4.69, 9.17) is 10.5 Å². The molecule has 0 bridgehead atoms. The van der Waals surface area contributed by atoms with Gasteiger partial charge in [0.25, 0.3) is 0 Å². The van der Waals surface area contributed by atoms with Crippen molar-refractivity contribution in [1.82, 2.24) is 10.2 Å². The van der Waals surface area contributed by atoms with Gasteiger partial charge in [-0.3, -0.25) is 14.5 Å². The number of hydrogen-bond acceptors (Lipinski definition) is 4. The molecule has 1 aromatic rings. The first-order valence-corrected chi connectivity index (χ1v) is 8.21. The van der Waals surface area contributed by atoms with Crippen LogP contribution in [0, 0.1) is 5.82 Å². The molecule has 1 aliphatic heterocycles. The number of nitrogens with two attached hydrogens (primary N) is 1. The predicted octanol–water partition coefficient (Wildman–Crippen LogP) is 1.05. The average molecular weight is 337 g/mol. The minimum atomic E-state index is -0.340. The van der Waals surface area contributed by atoms with Crippen LogP contribution in [0.5, 0.6) is 5.75 Å². The van der Waals surface area contributed by atoms with Crippen LogP contribution in [-0.4, -0.2) is 49.0 Å². The Balaban J connectivity index is 1.58. The molecule has 0 atom stereocenters. The zero-order chi connectivity index (χ0) is 17.4. The number of amides is 2. The van der Waals surface area contributed by atoms with E-state index in [0.29, 0.717) is 25.2 Å². The lowest BCUT2D eigenvalue weighted by Crippen LogP contribution is -2.46. The third-order valence-corrected chi connectivity index (χ3v) is 3.95. The average Bonchev–Trinajstić information content (AvgIpc) is 2.53. The van der Waals surface area contributed by atoms with Crippen LogP contribution in [0.25, 0.3) is 0 Å². The molecular formula is C17H24FN3O3. The van der Waals surface area contributed by atoms with Gasteiger partial charge in [-0.25, -0.2) is 4.39 Å². The van der Waals surface area contributed by atoms with Crippen LogP contribution in [0.4, 0.5) is 4.39 Å². The highest BCUT2D eigenvalue weighted by atomic mass is 19.1. The molecule has 0 aliphatic carbocycles. The summed E-state index contributed by atoms with van der Waals surface area (Å²) in [7, 11) is 0. The van der Waals surface area contributed by atoms with Crippen LogP contribution in [0.3, 0.4) is 0 Å². The summed E-state index contributed by atoms with van der Waals surface area (Å²) in [5, 5.41) is 3.00. The van der Waals surface area contributed by atoms with E-state index in [1.807, 2.05) is 4.90 Å². The Kier molecular flexibility index (Phi) is 6.99. The molecule has 0 saturated carbocycles. The maximum atomic E-state index is 13.0. The first-order chi connectivity index (χ1) is 11.5. The molecular weight excluding hydrogens is 313 g/mol. The van der Waals surface area contributed by atoms with Gasteiger partial charge in [-0.05, 0) is 31.4 Å².